The smallest absolute Gasteiger partial charge is 0.263 e. The van der Waals surface area contributed by atoms with Crippen LogP contribution in [0.1, 0.15) is 31.2 Å². The molecule has 0 N–H and O–H groups in total. The zero-order valence-corrected chi connectivity index (χ0v) is 17.4. The second-order valence-corrected chi connectivity index (χ2v) is 9.35. The van der Waals surface area contributed by atoms with E-state index in [4.69, 9.17) is 4.74 Å². The van der Waals surface area contributed by atoms with Gasteiger partial charge in [0.15, 0.2) is 0 Å². The molecule has 4 rings (SSSR count). The van der Waals surface area contributed by atoms with Crippen LogP contribution in [0.25, 0.3) is 10.1 Å². The normalized spacial score (nSPS) is 18.1. The highest BCUT2D eigenvalue weighted by Crippen LogP contribution is 2.38. The first kappa shape index (κ1) is 18.6. The van der Waals surface area contributed by atoms with E-state index in [0.29, 0.717) is 6.61 Å². The van der Waals surface area contributed by atoms with E-state index in [1.54, 1.807) is 41.7 Å². The lowest BCUT2D eigenvalue weighted by Gasteiger charge is -2.33. The molecule has 142 valence electrons. The number of carbonyl (C=O) groups is 1. The number of amides is 1. The van der Waals surface area contributed by atoms with Crippen LogP contribution < -0.4 is 0 Å². The third-order valence-electron chi connectivity index (χ3n) is 4.76. The molecule has 0 bridgehead atoms. The van der Waals surface area contributed by atoms with Crippen LogP contribution in [-0.2, 0) is 11.3 Å². The van der Waals surface area contributed by atoms with Gasteiger partial charge in [-0.05, 0) is 18.4 Å². The van der Waals surface area contributed by atoms with Crippen LogP contribution in [-0.4, -0.2) is 54.5 Å². The largest absolute Gasteiger partial charge is 0.371 e. The zero-order valence-electron chi connectivity index (χ0n) is 15.8. The fraction of sp³-hybridized carbons (Fsp3) is 0.400. The van der Waals surface area contributed by atoms with Gasteiger partial charge >= 0.3 is 0 Å². The third kappa shape index (κ3) is 3.78. The summed E-state index contributed by atoms with van der Waals surface area (Å²) in [7, 11) is 3.60. The maximum atomic E-state index is 12.8. The Labute approximate surface area is 167 Å². The van der Waals surface area contributed by atoms with Crippen LogP contribution in [0.15, 0.2) is 30.5 Å². The zero-order chi connectivity index (χ0) is 19.0. The summed E-state index contributed by atoms with van der Waals surface area (Å²) in [6.45, 7) is 5.26. The molecule has 1 fully saturated rings. The molecule has 1 aliphatic rings. The van der Waals surface area contributed by atoms with Crippen molar-refractivity contribution in [3.8, 4) is 0 Å². The standard InChI is InChI=1S/C20H23N3O2S2/c1-13-21-10-14(26-13)11-23-8-9-25-16(12-23)18-15-6-4-5-7-17(15)27-19(18)20(24)22(2)3/h4-7,10,16H,8-9,11-12H2,1-3H3/t16-/m1/s1. The Balaban J connectivity index is 1.66. The van der Waals surface area contributed by atoms with Crippen LogP contribution in [0, 0.1) is 6.92 Å². The molecule has 0 aliphatic carbocycles. The number of thiophene rings is 1. The van der Waals surface area contributed by atoms with Crippen molar-refractivity contribution >= 4 is 38.7 Å². The van der Waals surface area contributed by atoms with Gasteiger partial charge in [-0.3, -0.25) is 9.69 Å². The molecule has 3 heterocycles. The predicted molar refractivity (Wildman–Crippen MR) is 111 cm³/mol. The number of hydrogen-bond donors (Lipinski definition) is 0. The minimum Gasteiger partial charge on any atom is -0.371 e. The summed E-state index contributed by atoms with van der Waals surface area (Å²) in [6.07, 6.45) is 1.87. The van der Waals surface area contributed by atoms with E-state index in [1.807, 2.05) is 25.3 Å². The summed E-state index contributed by atoms with van der Waals surface area (Å²) in [5.41, 5.74) is 1.04. The van der Waals surface area contributed by atoms with Crippen LogP contribution in [0.2, 0.25) is 0 Å². The number of thiazole rings is 1. The summed E-state index contributed by atoms with van der Waals surface area (Å²) in [4.78, 5) is 23.3. The quantitative estimate of drug-likeness (QED) is 0.664. The lowest BCUT2D eigenvalue weighted by atomic mass is 10.0. The number of aromatic nitrogens is 1. The van der Waals surface area contributed by atoms with Gasteiger partial charge in [-0.1, -0.05) is 18.2 Å². The molecule has 1 aliphatic heterocycles. The molecule has 1 saturated heterocycles. The highest BCUT2D eigenvalue weighted by atomic mass is 32.1. The minimum absolute atomic E-state index is 0.0463. The topological polar surface area (TPSA) is 45.7 Å². The first-order chi connectivity index (χ1) is 13.0. The Morgan fingerprint density at radius 1 is 1.33 bits per heavy atom. The Morgan fingerprint density at radius 3 is 2.89 bits per heavy atom. The van der Waals surface area contributed by atoms with Crippen LogP contribution in [0.4, 0.5) is 0 Å². The second kappa shape index (κ2) is 7.67. The number of nitrogens with zero attached hydrogens (tertiary/aromatic N) is 3. The molecule has 5 nitrogen and oxygen atoms in total. The lowest BCUT2D eigenvalue weighted by molar-refractivity contribution is -0.0320. The van der Waals surface area contributed by atoms with Gasteiger partial charge in [0.25, 0.3) is 5.91 Å². The van der Waals surface area contributed by atoms with Gasteiger partial charge in [-0.25, -0.2) is 4.98 Å². The summed E-state index contributed by atoms with van der Waals surface area (Å²) >= 11 is 3.31. The van der Waals surface area contributed by atoms with Gasteiger partial charge < -0.3 is 9.64 Å². The van der Waals surface area contributed by atoms with Crippen molar-refractivity contribution in [2.75, 3.05) is 33.8 Å². The fourth-order valence-electron chi connectivity index (χ4n) is 3.47. The molecular formula is C20H23N3O2S2. The predicted octanol–water partition coefficient (Wildman–Crippen LogP) is 3.94. The molecule has 2 aromatic heterocycles. The van der Waals surface area contributed by atoms with Crippen molar-refractivity contribution in [2.24, 2.45) is 0 Å². The average Bonchev–Trinajstić information content (AvgIpc) is 3.24. The fourth-order valence-corrected chi connectivity index (χ4v) is 5.58. The van der Waals surface area contributed by atoms with E-state index in [0.717, 1.165) is 45.2 Å². The lowest BCUT2D eigenvalue weighted by Crippen LogP contribution is -2.38. The molecule has 1 atom stereocenters. The van der Waals surface area contributed by atoms with Gasteiger partial charge in [0.2, 0.25) is 0 Å². The van der Waals surface area contributed by atoms with Crippen molar-refractivity contribution in [3.05, 3.63) is 50.8 Å². The number of rotatable bonds is 4. The van der Waals surface area contributed by atoms with Crippen molar-refractivity contribution in [1.29, 1.82) is 0 Å². The van der Waals surface area contributed by atoms with Gasteiger partial charge in [-0.15, -0.1) is 22.7 Å². The number of ether oxygens (including phenoxy) is 1. The van der Waals surface area contributed by atoms with E-state index >= 15 is 0 Å². The molecule has 7 heteroatoms. The first-order valence-corrected chi connectivity index (χ1v) is 10.6. The molecule has 1 amide bonds. The van der Waals surface area contributed by atoms with Crippen LogP contribution in [0.3, 0.4) is 0 Å². The van der Waals surface area contributed by atoms with Crippen LogP contribution in [0.5, 0.6) is 0 Å². The number of fused-ring (bicyclic) bond motifs is 1. The minimum atomic E-state index is -0.0946. The molecule has 27 heavy (non-hydrogen) atoms. The van der Waals surface area contributed by atoms with Gasteiger partial charge in [0.1, 0.15) is 0 Å². The molecule has 0 spiro atoms. The molecule has 0 unspecified atom stereocenters. The van der Waals surface area contributed by atoms with Crippen molar-refractivity contribution < 1.29 is 9.53 Å². The van der Waals surface area contributed by atoms with E-state index in [-0.39, 0.29) is 12.0 Å². The maximum absolute atomic E-state index is 12.8. The number of benzene rings is 1. The summed E-state index contributed by atoms with van der Waals surface area (Å²) in [5, 5.41) is 2.23. The van der Waals surface area contributed by atoms with Crippen molar-refractivity contribution in [1.82, 2.24) is 14.8 Å². The first-order valence-electron chi connectivity index (χ1n) is 9.01. The van der Waals surface area contributed by atoms with Gasteiger partial charge in [-0.2, -0.15) is 0 Å². The highest BCUT2D eigenvalue weighted by molar-refractivity contribution is 7.21. The van der Waals surface area contributed by atoms with E-state index in [1.165, 1.54) is 4.88 Å². The van der Waals surface area contributed by atoms with Gasteiger partial charge in [0, 0.05) is 55.1 Å². The highest BCUT2D eigenvalue weighted by Gasteiger charge is 2.30. The Morgan fingerprint density at radius 2 is 2.15 bits per heavy atom. The van der Waals surface area contributed by atoms with E-state index < -0.39 is 0 Å². The van der Waals surface area contributed by atoms with Crippen LogP contribution >= 0.6 is 22.7 Å². The molecule has 1 aromatic carbocycles. The van der Waals surface area contributed by atoms with E-state index in [2.05, 4.69) is 22.0 Å². The summed E-state index contributed by atoms with van der Waals surface area (Å²) in [5.74, 6) is 0.0463. The number of carbonyl (C=O) groups excluding carboxylic acids is 1. The van der Waals surface area contributed by atoms with Gasteiger partial charge in [0.05, 0.1) is 22.6 Å². The maximum Gasteiger partial charge on any atom is 0.263 e. The number of morpholine rings is 1. The Hall–Kier alpha value is -1.80. The summed E-state index contributed by atoms with van der Waals surface area (Å²) in [6, 6.07) is 8.23. The Kier molecular flexibility index (Phi) is 5.27. The average molecular weight is 402 g/mol. The molecule has 0 saturated carbocycles. The SMILES string of the molecule is Cc1ncc(CN2CCO[C@@H](c3c(C(=O)N(C)C)sc4ccccc34)C2)s1. The third-order valence-corrected chi connectivity index (χ3v) is 6.83. The van der Waals surface area contributed by atoms with Crippen molar-refractivity contribution in [2.45, 2.75) is 19.6 Å². The molecule has 3 aromatic rings. The van der Waals surface area contributed by atoms with Crippen molar-refractivity contribution in [3.63, 3.8) is 0 Å². The summed E-state index contributed by atoms with van der Waals surface area (Å²) < 4.78 is 7.29. The number of hydrogen-bond acceptors (Lipinski definition) is 6. The molecular weight excluding hydrogens is 378 g/mol. The monoisotopic (exact) mass is 401 g/mol. The number of aryl methyl sites for hydroxylation is 1. The molecule has 0 radical (unpaired) electrons. The Bertz CT molecular complexity index is 963. The van der Waals surface area contributed by atoms with E-state index in [9.17, 15) is 4.79 Å². The second-order valence-electron chi connectivity index (χ2n) is 6.98.